The summed E-state index contributed by atoms with van der Waals surface area (Å²) in [6, 6.07) is 11.2. The van der Waals surface area contributed by atoms with E-state index in [1.807, 2.05) is 26.0 Å². The van der Waals surface area contributed by atoms with Gasteiger partial charge in [-0.1, -0.05) is 36.8 Å². The third kappa shape index (κ3) is 9.31. The van der Waals surface area contributed by atoms with Crippen molar-refractivity contribution in [3.8, 4) is 5.75 Å². The van der Waals surface area contributed by atoms with Crippen molar-refractivity contribution in [1.82, 2.24) is 10.2 Å². The molecule has 2 rings (SSSR count). The number of hydrogen-bond donors (Lipinski definition) is 3. The number of rotatable bonds is 11. The topological polar surface area (TPSA) is 140 Å². The minimum Gasteiger partial charge on any atom is -0.497 e. The van der Waals surface area contributed by atoms with Gasteiger partial charge in [0.15, 0.2) is 0 Å². The molecule has 3 unspecified atom stereocenters. The fraction of sp³-hybridized carbons (Fsp3) is 0.448. The molecule has 0 spiro atoms. The molecular weight excluding hydrogens is 500 g/mol. The Morgan fingerprint density at radius 3 is 2.08 bits per heavy atom. The molecule has 0 aromatic heterocycles. The van der Waals surface area contributed by atoms with Crippen molar-refractivity contribution in [3.05, 3.63) is 59.7 Å². The molecule has 10 nitrogen and oxygen atoms in total. The molecule has 4 N–H and O–H groups in total. The van der Waals surface area contributed by atoms with Crippen LogP contribution in [0.1, 0.15) is 64.6 Å². The molecule has 0 saturated carbocycles. The fourth-order valence-corrected chi connectivity index (χ4v) is 3.90. The Hall–Kier alpha value is -4.08. The number of nitrogens with zero attached hydrogens (tertiary/aromatic N) is 1. The highest BCUT2D eigenvalue weighted by atomic mass is 16.6. The predicted molar refractivity (Wildman–Crippen MR) is 149 cm³/mol. The number of hydrogen-bond acceptors (Lipinski definition) is 6. The SMILES string of the molecule is CCC(C)N(C(=O)C(CC(N)=O)NC(=O)OC(C)(C)C)C(C(=O)Nc1ccc(OC)cc1)c1ccc(C)cc1. The van der Waals surface area contributed by atoms with Gasteiger partial charge in [0.25, 0.3) is 5.91 Å². The van der Waals surface area contributed by atoms with Gasteiger partial charge in [0.1, 0.15) is 23.4 Å². The van der Waals surface area contributed by atoms with Crippen LogP contribution in [0, 0.1) is 6.92 Å². The lowest BCUT2D eigenvalue weighted by atomic mass is 9.98. The highest BCUT2D eigenvalue weighted by Crippen LogP contribution is 2.28. The third-order valence-electron chi connectivity index (χ3n) is 5.99. The lowest BCUT2D eigenvalue weighted by molar-refractivity contribution is -0.144. The first-order valence-corrected chi connectivity index (χ1v) is 12.9. The summed E-state index contributed by atoms with van der Waals surface area (Å²) in [4.78, 5) is 53.8. The number of primary amides is 1. The second-order valence-electron chi connectivity index (χ2n) is 10.4. The smallest absolute Gasteiger partial charge is 0.408 e. The molecule has 0 aliphatic carbocycles. The largest absolute Gasteiger partial charge is 0.497 e. The van der Waals surface area contributed by atoms with E-state index < -0.39 is 54.0 Å². The van der Waals surface area contributed by atoms with Crippen LogP contribution in [0.2, 0.25) is 0 Å². The molecule has 2 aromatic carbocycles. The second-order valence-corrected chi connectivity index (χ2v) is 10.4. The quantitative estimate of drug-likeness (QED) is 0.392. The number of carbonyl (C=O) groups excluding carboxylic acids is 4. The summed E-state index contributed by atoms with van der Waals surface area (Å²) < 4.78 is 10.5. The Kier molecular flexibility index (Phi) is 10.9. The van der Waals surface area contributed by atoms with Crippen LogP contribution < -0.4 is 21.1 Å². The zero-order valence-electron chi connectivity index (χ0n) is 23.7. The Balaban J connectivity index is 2.54. The minimum absolute atomic E-state index is 0.443. The van der Waals surface area contributed by atoms with Gasteiger partial charge in [0, 0.05) is 11.7 Å². The normalized spacial score (nSPS) is 13.4. The molecule has 3 atom stereocenters. The number of anilines is 1. The Morgan fingerprint density at radius 1 is 1.00 bits per heavy atom. The summed E-state index contributed by atoms with van der Waals surface area (Å²) in [5.74, 6) is -1.26. The molecule has 0 bridgehead atoms. The van der Waals surface area contributed by atoms with E-state index in [2.05, 4.69) is 10.6 Å². The number of amides is 4. The summed E-state index contributed by atoms with van der Waals surface area (Å²) in [6.45, 7) is 10.6. The van der Waals surface area contributed by atoms with Crippen LogP contribution in [0.3, 0.4) is 0 Å². The van der Waals surface area contributed by atoms with Crippen molar-refractivity contribution in [1.29, 1.82) is 0 Å². The zero-order chi connectivity index (χ0) is 29.3. The van der Waals surface area contributed by atoms with Gasteiger partial charge in [-0.05, 0) is 70.9 Å². The van der Waals surface area contributed by atoms with E-state index in [1.165, 1.54) is 4.90 Å². The maximum absolute atomic E-state index is 14.1. The minimum atomic E-state index is -1.34. The van der Waals surface area contributed by atoms with E-state index in [9.17, 15) is 19.2 Å². The van der Waals surface area contributed by atoms with Gasteiger partial charge in [-0.3, -0.25) is 14.4 Å². The van der Waals surface area contributed by atoms with E-state index in [1.54, 1.807) is 71.2 Å². The molecule has 212 valence electrons. The molecule has 4 amide bonds. The second kappa shape index (κ2) is 13.6. The standard InChI is InChI=1S/C29H40N4O6/c1-8-19(3)33(27(36)23(17-24(30)34)32-28(37)39-29(4,5)6)25(20-11-9-18(2)10-12-20)26(35)31-21-13-15-22(38-7)16-14-21/h9-16,19,23,25H,8,17H2,1-7H3,(H2,30,34)(H,31,35)(H,32,37). The third-order valence-corrected chi connectivity index (χ3v) is 5.99. The van der Waals surface area contributed by atoms with Crippen molar-refractivity contribution < 1.29 is 28.7 Å². The molecule has 0 radical (unpaired) electrons. The molecule has 2 aromatic rings. The van der Waals surface area contributed by atoms with Crippen molar-refractivity contribution in [2.45, 2.75) is 78.1 Å². The van der Waals surface area contributed by atoms with Crippen LogP contribution in [0.25, 0.3) is 0 Å². The van der Waals surface area contributed by atoms with Gasteiger partial charge in [-0.15, -0.1) is 0 Å². The lowest BCUT2D eigenvalue weighted by Crippen LogP contribution is -2.55. The highest BCUT2D eigenvalue weighted by molar-refractivity contribution is 5.99. The van der Waals surface area contributed by atoms with Crippen LogP contribution in [0.5, 0.6) is 5.75 Å². The number of benzene rings is 2. The number of ether oxygens (including phenoxy) is 2. The summed E-state index contributed by atoms with van der Waals surface area (Å²) in [6.07, 6.45) is -0.841. The van der Waals surface area contributed by atoms with Gasteiger partial charge < -0.3 is 30.7 Å². The van der Waals surface area contributed by atoms with E-state index in [4.69, 9.17) is 15.2 Å². The van der Waals surface area contributed by atoms with Gasteiger partial charge in [-0.25, -0.2) is 4.79 Å². The van der Waals surface area contributed by atoms with E-state index in [0.717, 1.165) is 5.56 Å². The number of aryl methyl sites for hydroxylation is 1. The summed E-state index contributed by atoms with van der Waals surface area (Å²) in [5, 5.41) is 5.36. The number of carbonyl (C=O) groups is 4. The first-order valence-electron chi connectivity index (χ1n) is 12.9. The predicted octanol–water partition coefficient (Wildman–Crippen LogP) is 4.08. The summed E-state index contributed by atoms with van der Waals surface area (Å²) in [7, 11) is 1.55. The Labute approximate surface area is 230 Å². The van der Waals surface area contributed by atoms with Crippen LogP contribution in [0.15, 0.2) is 48.5 Å². The maximum atomic E-state index is 14.1. The number of methoxy groups -OCH3 is 1. The van der Waals surface area contributed by atoms with Crippen molar-refractivity contribution in [3.63, 3.8) is 0 Å². The van der Waals surface area contributed by atoms with E-state index in [0.29, 0.717) is 23.4 Å². The van der Waals surface area contributed by atoms with Crippen LogP contribution >= 0.6 is 0 Å². The molecular formula is C29H40N4O6. The number of alkyl carbamates (subject to hydrolysis) is 1. The zero-order valence-corrected chi connectivity index (χ0v) is 23.7. The molecule has 39 heavy (non-hydrogen) atoms. The van der Waals surface area contributed by atoms with Crippen molar-refractivity contribution in [2.24, 2.45) is 5.73 Å². The Bertz CT molecular complexity index is 1140. The number of nitrogens with two attached hydrogens (primary N) is 1. The van der Waals surface area contributed by atoms with E-state index in [-0.39, 0.29) is 0 Å². The van der Waals surface area contributed by atoms with Gasteiger partial charge >= 0.3 is 6.09 Å². The van der Waals surface area contributed by atoms with Crippen molar-refractivity contribution in [2.75, 3.05) is 12.4 Å². The molecule has 0 saturated heterocycles. The van der Waals surface area contributed by atoms with E-state index >= 15 is 0 Å². The molecule has 0 aliphatic heterocycles. The number of nitrogens with one attached hydrogen (secondary N) is 2. The first-order chi connectivity index (χ1) is 18.2. The Morgan fingerprint density at radius 2 is 1.59 bits per heavy atom. The van der Waals surface area contributed by atoms with Crippen LogP contribution in [-0.4, -0.2) is 53.5 Å². The molecule has 0 heterocycles. The van der Waals surface area contributed by atoms with Gasteiger partial charge in [0.2, 0.25) is 11.8 Å². The maximum Gasteiger partial charge on any atom is 0.408 e. The van der Waals surface area contributed by atoms with Gasteiger partial charge in [0.05, 0.1) is 13.5 Å². The molecule has 0 aliphatic rings. The average molecular weight is 541 g/mol. The molecule has 0 fully saturated rings. The van der Waals surface area contributed by atoms with Crippen molar-refractivity contribution >= 4 is 29.5 Å². The lowest BCUT2D eigenvalue weighted by Gasteiger charge is -2.38. The monoisotopic (exact) mass is 540 g/mol. The summed E-state index contributed by atoms with van der Waals surface area (Å²) in [5.41, 5.74) is 6.66. The van der Waals surface area contributed by atoms with Crippen LogP contribution in [-0.2, 0) is 19.1 Å². The molecule has 10 heteroatoms. The average Bonchev–Trinajstić information content (AvgIpc) is 2.85. The highest BCUT2D eigenvalue weighted by Gasteiger charge is 2.39. The summed E-state index contributed by atoms with van der Waals surface area (Å²) >= 11 is 0. The fourth-order valence-electron chi connectivity index (χ4n) is 3.90. The first kappa shape index (κ1) is 31.1. The van der Waals surface area contributed by atoms with Crippen LogP contribution in [0.4, 0.5) is 10.5 Å². The van der Waals surface area contributed by atoms with Gasteiger partial charge in [-0.2, -0.15) is 0 Å².